The molecule has 1 aromatic carbocycles. The molecule has 2 aromatic rings. The van der Waals surface area contributed by atoms with Gasteiger partial charge in [0.05, 0.1) is 5.02 Å². The number of rotatable bonds is 2. The van der Waals surface area contributed by atoms with Crippen LogP contribution in [0.3, 0.4) is 0 Å². The van der Waals surface area contributed by atoms with Gasteiger partial charge in [0.1, 0.15) is 24.7 Å². The summed E-state index contributed by atoms with van der Waals surface area (Å²) in [6, 6.07) is 3.63. The molecule has 0 saturated heterocycles. The van der Waals surface area contributed by atoms with Crippen LogP contribution in [-0.4, -0.2) is 22.9 Å². The average molecular weight is 307 g/mol. The summed E-state index contributed by atoms with van der Waals surface area (Å²) in [7, 11) is 0. The third kappa shape index (κ3) is 1.98. The van der Waals surface area contributed by atoms with E-state index in [1.54, 1.807) is 6.07 Å². The van der Waals surface area contributed by atoms with E-state index in [1.165, 1.54) is 4.68 Å². The van der Waals surface area contributed by atoms with Crippen LogP contribution in [0.15, 0.2) is 12.1 Å². The quantitative estimate of drug-likeness (QED) is 0.830. The molecule has 6 nitrogen and oxygen atoms in total. The second-order valence-electron chi connectivity index (χ2n) is 5.33. The summed E-state index contributed by atoms with van der Waals surface area (Å²) >= 11 is 6.26. The monoisotopic (exact) mass is 306 g/mol. The van der Waals surface area contributed by atoms with E-state index in [9.17, 15) is 0 Å². The Morgan fingerprint density at radius 3 is 2.76 bits per heavy atom. The number of nitrogens with two attached hydrogens (primary N) is 2. The van der Waals surface area contributed by atoms with Crippen LogP contribution >= 0.6 is 11.6 Å². The molecule has 2 aliphatic rings. The molecule has 1 aromatic heterocycles. The largest absolute Gasteiger partial charge is 0.486 e. The van der Waals surface area contributed by atoms with E-state index in [0.29, 0.717) is 47.2 Å². The summed E-state index contributed by atoms with van der Waals surface area (Å²) in [5.74, 6) is 8.86. The highest BCUT2D eigenvalue weighted by molar-refractivity contribution is 6.32. The van der Waals surface area contributed by atoms with Crippen molar-refractivity contribution < 1.29 is 9.47 Å². The Morgan fingerprint density at radius 1 is 1.24 bits per heavy atom. The molecule has 1 saturated carbocycles. The number of benzene rings is 1. The van der Waals surface area contributed by atoms with Crippen LogP contribution in [0, 0.1) is 0 Å². The molecule has 7 heteroatoms. The van der Waals surface area contributed by atoms with Gasteiger partial charge in [0.2, 0.25) is 0 Å². The highest BCUT2D eigenvalue weighted by Gasteiger charge is 2.31. The molecular weight excluding hydrogens is 292 g/mol. The maximum absolute atomic E-state index is 6.26. The molecule has 1 aliphatic carbocycles. The molecular formula is C14H15ClN4O2. The van der Waals surface area contributed by atoms with Gasteiger partial charge in [-0.25, -0.2) is 9.66 Å². The Bertz CT molecular complexity index is 724. The first kappa shape index (κ1) is 12.6. The van der Waals surface area contributed by atoms with Gasteiger partial charge in [0, 0.05) is 11.5 Å². The number of nitrogen functional groups attached to an aromatic ring is 2. The van der Waals surface area contributed by atoms with Gasteiger partial charge in [0.15, 0.2) is 17.3 Å². The molecule has 1 aliphatic heterocycles. The number of aromatic nitrogens is 2. The van der Waals surface area contributed by atoms with Gasteiger partial charge in [-0.1, -0.05) is 11.6 Å². The summed E-state index contributed by atoms with van der Waals surface area (Å²) in [5.41, 5.74) is 7.51. The van der Waals surface area contributed by atoms with Crippen molar-refractivity contribution in [1.29, 1.82) is 0 Å². The fraction of sp³-hybridized carbons (Fsp3) is 0.357. The van der Waals surface area contributed by atoms with Crippen molar-refractivity contribution in [3.05, 3.63) is 23.0 Å². The van der Waals surface area contributed by atoms with Crippen LogP contribution in [0.25, 0.3) is 11.3 Å². The number of hydrogen-bond acceptors (Lipinski definition) is 5. The molecule has 21 heavy (non-hydrogen) atoms. The highest BCUT2D eigenvalue weighted by Crippen LogP contribution is 2.44. The Kier molecular flexibility index (Phi) is 2.68. The summed E-state index contributed by atoms with van der Waals surface area (Å²) in [6.45, 7) is 0.998. The molecule has 0 radical (unpaired) electrons. The Balaban J connectivity index is 1.83. The van der Waals surface area contributed by atoms with Gasteiger partial charge >= 0.3 is 0 Å². The number of hydrogen-bond donors (Lipinski definition) is 2. The van der Waals surface area contributed by atoms with Crippen LogP contribution in [0.5, 0.6) is 11.5 Å². The molecule has 4 N–H and O–H groups in total. The van der Waals surface area contributed by atoms with Crippen LogP contribution in [0.4, 0.5) is 5.82 Å². The predicted molar refractivity (Wildman–Crippen MR) is 80.2 cm³/mol. The lowest BCUT2D eigenvalue weighted by molar-refractivity contribution is 0.172. The van der Waals surface area contributed by atoms with E-state index in [4.69, 9.17) is 32.7 Å². The minimum absolute atomic E-state index is 0.415. The zero-order valence-corrected chi connectivity index (χ0v) is 12.1. The normalized spacial score (nSPS) is 17.0. The summed E-state index contributed by atoms with van der Waals surface area (Å²) in [4.78, 5) is 4.59. The van der Waals surface area contributed by atoms with Gasteiger partial charge in [-0.2, -0.15) is 0 Å². The van der Waals surface area contributed by atoms with Gasteiger partial charge < -0.3 is 21.1 Å². The molecule has 4 rings (SSSR count). The lowest BCUT2D eigenvalue weighted by atomic mass is 10.1. The van der Waals surface area contributed by atoms with Crippen molar-refractivity contribution in [3.63, 3.8) is 0 Å². The summed E-state index contributed by atoms with van der Waals surface area (Å²) in [5, 5.41) is 0.487. The fourth-order valence-corrected chi connectivity index (χ4v) is 2.82. The summed E-state index contributed by atoms with van der Waals surface area (Å²) in [6.07, 6.45) is 2.21. The van der Waals surface area contributed by atoms with Crippen molar-refractivity contribution >= 4 is 17.4 Å². The number of imidazole rings is 1. The Morgan fingerprint density at radius 2 is 2.00 bits per heavy atom. The number of nitrogens with zero attached hydrogens (tertiary/aromatic N) is 2. The van der Waals surface area contributed by atoms with Gasteiger partial charge in [-0.05, 0) is 25.0 Å². The smallest absolute Gasteiger partial charge is 0.179 e. The van der Waals surface area contributed by atoms with Crippen molar-refractivity contribution in [2.45, 2.75) is 18.8 Å². The van der Waals surface area contributed by atoms with Crippen LogP contribution in [-0.2, 0) is 0 Å². The van der Waals surface area contributed by atoms with E-state index in [1.807, 2.05) is 6.07 Å². The van der Waals surface area contributed by atoms with Crippen LogP contribution < -0.4 is 21.1 Å². The Labute approximate surface area is 126 Å². The third-order valence-corrected chi connectivity index (χ3v) is 4.07. The zero-order valence-electron chi connectivity index (χ0n) is 11.3. The van der Waals surface area contributed by atoms with E-state index in [2.05, 4.69) is 4.98 Å². The molecule has 0 bridgehead atoms. The first-order valence-corrected chi connectivity index (χ1v) is 7.25. The maximum Gasteiger partial charge on any atom is 0.179 e. The molecule has 0 atom stereocenters. The average Bonchev–Trinajstić information content (AvgIpc) is 3.27. The Hall–Kier alpha value is -2.08. The van der Waals surface area contributed by atoms with Crippen LogP contribution in [0.1, 0.15) is 24.6 Å². The minimum Gasteiger partial charge on any atom is -0.486 e. The molecule has 110 valence electrons. The van der Waals surface area contributed by atoms with Gasteiger partial charge in [-0.15, -0.1) is 0 Å². The molecule has 0 unspecified atom stereocenters. The number of ether oxygens (including phenoxy) is 2. The van der Waals surface area contributed by atoms with Crippen molar-refractivity contribution in [1.82, 2.24) is 9.66 Å². The van der Waals surface area contributed by atoms with Gasteiger partial charge in [0.25, 0.3) is 0 Å². The SMILES string of the molecule is Nc1c(-c2cc(Cl)c3c(c2)OCCO3)nc(C2CC2)n1N. The molecule has 2 heterocycles. The van der Waals surface area contributed by atoms with Crippen LogP contribution in [0.2, 0.25) is 5.02 Å². The standard InChI is InChI=1S/C14H15ClN4O2/c15-9-5-8(6-10-12(9)21-4-3-20-10)11-13(16)19(17)14(18-11)7-1-2-7/h5-7H,1-4,16-17H2. The topological polar surface area (TPSA) is 88.3 Å². The molecule has 0 amide bonds. The third-order valence-electron chi connectivity index (χ3n) is 3.79. The number of fused-ring (bicyclic) bond motifs is 1. The first-order valence-electron chi connectivity index (χ1n) is 6.88. The zero-order chi connectivity index (χ0) is 14.6. The van der Waals surface area contributed by atoms with E-state index < -0.39 is 0 Å². The van der Waals surface area contributed by atoms with Gasteiger partial charge in [-0.3, -0.25) is 0 Å². The second kappa shape index (κ2) is 4.46. The van der Waals surface area contributed by atoms with Crippen molar-refractivity contribution in [2.24, 2.45) is 0 Å². The number of anilines is 1. The van der Waals surface area contributed by atoms with E-state index >= 15 is 0 Å². The highest BCUT2D eigenvalue weighted by atomic mass is 35.5. The molecule has 0 spiro atoms. The lowest BCUT2D eigenvalue weighted by Gasteiger charge is -2.20. The van der Waals surface area contributed by atoms with E-state index in [-0.39, 0.29) is 0 Å². The second-order valence-corrected chi connectivity index (χ2v) is 5.74. The minimum atomic E-state index is 0.415. The maximum atomic E-state index is 6.26. The summed E-state index contributed by atoms with van der Waals surface area (Å²) < 4.78 is 12.6. The van der Waals surface area contributed by atoms with Crippen molar-refractivity contribution in [3.8, 4) is 22.8 Å². The lowest BCUT2D eigenvalue weighted by Crippen LogP contribution is -2.16. The first-order chi connectivity index (χ1) is 10.1. The number of halogens is 1. The fourth-order valence-electron chi connectivity index (χ4n) is 2.55. The predicted octanol–water partition coefficient (Wildman–Crippen LogP) is 2.15. The van der Waals surface area contributed by atoms with E-state index in [0.717, 1.165) is 24.2 Å². The van der Waals surface area contributed by atoms with Crippen molar-refractivity contribution in [2.75, 3.05) is 24.8 Å². The molecule has 1 fully saturated rings.